The van der Waals surface area contributed by atoms with Crippen LogP contribution >= 0.6 is 23.4 Å². The van der Waals surface area contributed by atoms with Gasteiger partial charge in [-0.2, -0.15) is 0 Å². The lowest BCUT2D eigenvalue weighted by Crippen LogP contribution is -2.14. The first-order valence-corrected chi connectivity index (χ1v) is 11.2. The number of nitro groups is 1. The summed E-state index contributed by atoms with van der Waals surface area (Å²) >= 11 is 7.28. The molecule has 0 aliphatic heterocycles. The van der Waals surface area contributed by atoms with Gasteiger partial charge in [-0.05, 0) is 43.0 Å². The van der Waals surface area contributed by atoms with E-state index in [1.807, 2.05) is 35.8 Å². The Kier molecular flexibility index (Phi) is 6.24. The highest BCUT2D eigenvalue weighted by atomic mass is 35.5. The molecule has 1 N–H and O–H groups in total. The number of hydrogen-bond acceptors (Lipinski definition) is 6. The molecule has 1 saturated carbocycles. The van der Waals surface area contributed by atoms with Crippen molar-refractivity contribution in [3.8, 4) is 0 Å². The third kappa shape index (κ3) is 4.88. The molecule has 2 aromatic carbocycles. The summed E-state index contributed by atoms with van der Waals surface area (Å²) in [5.41, 5.74) is 1.56. The molecule has 1 amide bonds. The van der Waals surface area contributed by atoms with Gasteiger partial charge in [0.05, 0.1) is 10.7 Å². The number of amides is 1. The van der Waals surface area contributed by atoms with E-state index in [4.69, 9.17) is 11.6 Å². The van der Waals surface area contributed by atoms with Crippen LogP contribution in [0.1, 0.15) is 36.6 Å². The summed E-state index contributed by atoms with van der Waals surface area (Å²) in [6.07, 6.45) is 1.01. The molecule has 1 aromatic heterocycles. The van der Waals surface area contributed by atoms with Gasteiger partial charge in [-0.3, -0.25) is 14.9 Å². The minimum atomic E-state index is -0.495. The lowest BCUT2D eigenvalue weighted by molar-refractivity contribution is -0.384. The highest BCUT2D eigenvalue weighted by molar-refractivity contribution is 7.99. The second-order valence-electron chi connectivity index (χ2n) is 7.23. The van der Waals surface area contributed by atoms with Crippen LogP contribution in [0.4, 0.5) is 11.4 Å². The van der Waals surface area contributed by atoms with Gasteiger partial charge < -0.3 is 9.88 Å². The number of nitrogens with one attached hydrogen (secondary N) is 1. The minimum Gasteiger partial charge on any atom is -0.325 e. The normalized spacial score (nSPS) is 17.4. The first-order chi connectivity index (χ1) is 15.0. The van der Waals surface area contributed by atoms with Crippen molar-refractivity contribution in [3.63, 3.8) is 0 Å². The molecule has 160 valence electrons. The predicted molar refractivity (Wildman–Crippen MR) is 120 cm³/mol. The predicted octanol–water partition coefficient (Wildman–Crippen LogP) is 4.86. The molecule has 10 heteroatoms. The lowest BCUT2D eigenvalue weighted by Gasteiger charge is -2.08. The summed E-state index contributed by atoms with van der Waals surface area (Å²) in [4.78, 5) is 22.7. The lowest BCUT2D eigenvalue weighted by atomic mass is 10.1. The maximum atomic E-state index is 12.3. The maximum Gasteiger partial charge on any atom is 0.271 e. The third-order valence-electron chi connectivity index (χ3n) is 5.16. The average molecular weight is 458 g/mol. The van der Waals surface area contributed by atoms with Gasteiger partial charge in [-0.25, -0.2) is 0 Å². The number of anilines is 1. The van der Waals surface area contributed by atoms with Gasteiger partial charge in [0.15, 0.2) is 5.16 Å². The van der Waals surface area contributed by atoms with Crippen molar-refractivity contribution in [1.29, 1.82) is 0 Å². The summed E-state index contributed by atoms with van der Waals surface area (Å²) in [6, 6.07) is 13.8. The molecule has 4 rings (SSSR count). The molecular formula is C21H20ClN5O3S. The molecule has 0 saturated heterocycles. The summed E-state index contributed by atoms with van der Waals surface area (Å²) < 4.78 is 2.05. The van der Waals surface area contributed by atoms with E-state index in [2.05, 4.69) is 15.5 Å². The molecule has 1 fully saturated rings. The molecule has 8 nitrogen and oxygen atoms in total. The number of nitrogens with zero attached hydrogens (tertiary/aromatic N) is 4. The van der Waals surface area contributed by atoms with Gasteiger partial charge in [0, 0.05) is 35.3 Å². The van der Waals surface area contributed by atoms with Gasteiger partial charge in [0.1, 0.15) is 5.82 Å². The average Bonchev–Trinajstić information content (AvgIpc) is 3.44. The Labute approximate surface area is 188 Å². The number of thioether (sulfide) groups is 1. The van der Waals surface area contributed by atoms with Crippen LogP contribution in [0.5, 0.6) is 0 Å². The number of rotatable bonds is 8. The third-order valence-corrected chi connectivity index (χ3v) is 6.37. The second-order valence-corrected chi connectivity index (χ2v) is 8.61. The van der Waals surface area contributed by atoms with Crippen molar-refractivity contribution < 1.29 is 9.72 Å². The Morgan fingerprint density at radius 3 is 2.74 bits per heavy atom. The van der Waals surface area contributed by atoms with Crippen molar-refractivity contribution >= 4 is 40.6 Å². The monoisotopic (exact) mass is 457 g/mol. The molecule has 0 unspecified atom stereocenters. The van der Waals surface area contributed by atoms with E-state index in [9.17, 15) is 14.9 Å². The van der Waals surface area contributed by atoms with Gasteiger partial charge in [-0.1, -0.05) is 41.6 Å². The Bertz CT molecular complexity index is 1120. The van der Waals surface area contributed by atoms with E-state index >= 15 is 0 Å². The second kappa shape index (κ2) is 9.07. The van der Waals surface area contributed by atoms with Crippen LogP contribution in [-0.2, 0) is 11.3 Å². The fraction of sp³-hybridized carbons (Fsp3) is 0.286. The van der Waals surface area contributed by atoms with E-state index < -0.39 is 4.92 Å². The van der Waals surface area contributed by atoms with Crippen LogP contribution < -0.4 is 5.32 Å². The molecule has 0 bridgehead atoms. The highest BCUT2D eigenvalue weighted by Crippen LogP contribution is 2.54. The Morgan fingerprint density at radius 2 is 2.03 bits per heavy atom. The Hall–Kier alpha value is -2.91. The van der Waals surface area contributed by atoms with Gasteiger partial charge in [-0.15, -0.1) is 10.2 Å². The van der Waals surface area contributed by atoms with E-state index in [0.29, 0.717) is 29.2 Å². The van der Waals surface area contributed by atoms with Crippen LogP contribution in [0.2, 0.25) is 5.02 Å². The molecule has 0 radical (unpaired) electrons. The number of halogens is 1. The first-order valence-electron chi connectivity index (χ1n) is 9.82. The first kappa shape index (κ1) is 21.3. The topological polar surface area (TPSA) is 103 Å². The van der Waals surface area contributed by atoms with Gasteiger partial charge in [0.25, 0.3) is 5.69 Å². The number of benzene rings is 2. The SMILES string of the molecule is CCn1c(SCC(=O)Nc2cccc([N+](=O)[O-])c2)nnc1[C@H]1C[C@@H]1c1ccc(Cl)cc1. The highest BCUT2D eigenvalue weighted by Gasteiger charge is 2.43. The molecular weight excluding hydrogens is 438 g/mol. The summed E-state index contributed by atoms with van der Waals surface area (Å²) in [6.45, 7) is 2.74. The number of nitro benzene ring substituents is 1. The largest absolute Gasteiger partial charge is 0.325 e. The number of non-ortho nitro benzene ring substituents is 1. The number of hydrogen-bond donors (Lipinski definition) is 1. The summed E-state index contributed by atoms with van der Waals surface area (Å²) in [5, 5.41) is 23.7. The van der Waals surface area contributed by atoms with E-state index in [1.54, 1.807) is 6.07 Å². The summed E-state index contributed by atoms with van der Waals surface area (Å²) in [7, 11) is 0. The number of carbonyl (C=O) groups is 1. The molecule has 1 heterocycles. The Morgan fingerprint density at radius 1 is 1.26 bits per heavy atom. The van der Waals surface area contributed by atoms with E-state index in [1.165, 1.54) is 35.5 Å². The fourth-order valence-corrected chi connectivity index (χ4v) is 4.50. The minimum absolute atomic E-state index is 0.0690. The zero-order valence-electron chi connectivity index (χ0n) is 16.7. The number of aromatic nitrogens is 3. The van der Waals surface area contributed by atoms with E-state index in [0.717, 1.165) is 17.3 Å². The smallest absolute Gasteiger partial charge is 0.271 e. The van der Waals surface area contributed by atoms with Crippen molar-refractivity contribution in [2.45, 2.75) is 36.9 Å². The molecule has 1 aliphatic carbocycles. The van der Waals surface area contributed by atoms with Gasteiger partial charge in [0.2, 0.25) is 5.91 Å². The summed E-state index contributed by atoms with van der Waals surface area (Å²) in [5.74, 6) is 1.52. The van der Waals surface area contributed by atoms with Crippen molar-refractivity contribution in [2.24, 2.45) is 0 Å². The van der Waals surface area contributed by atoms with Crippen LogP contribution in [-0.4, -0.2) is 31.3 Å². The molecule has 0 spiro atoms. The molecule has 3 aromatic rings. The van der Waals surface area contributed by atoms with Crippen LogP contribution in [0.3, 0.4) is 0 Å². The van der Waals surface area contributed by atoms with Crippen molar-refractivity contribution in [1.82, 2.24) is 14.8 Å². The van der Waals surface area contributed by atoms with Crippen LogP contribution in [0, 0.1) is 10.1 Å². The van der Waals surface area contributed by atoms with Crippen LogP contribution in [0.15, 0.2) is 53.7 Å². The fourth-order valence-electron chi connectivity index (χ4n) is 3.56. The van der Waals surface area contributed by atoms with Crippen molar-refractivity contribution in [3.05, 3.63) is 75.1 Å². The molecule has 1 aliphatic rings. The van der Waals surface area contributed by atoms with Crippen LogP contribution in [0.25, 0.3) is 0 Å². The molecule has 31 heavy (non-hydrogen) atoms. The molecule has 2 atom stereocenters. The zero-order chi connectivity index (χ0) is 22.0. The maximum absolute atomic E-state index is 12.3. The standard InChI is InChI=1S/C21H20ClN5O3S/c1-2-26-20(18-11-17(18)13-6-8-14(22)9-7-13)24-25-21(26)31-12-19(28)23-15-4-3-5-16(10-15)27(29)30/h3-10,17-18H,2,11-12H2,1H3,(H,23,28)/t17-,18+/m1/s1. The van der Waals surface area contributed by atoms with E-state index in [-0.39, 0.29) is 17.3 Å². The van der Waals surface area contributed by atoms with Crippen molar-refractivity contribution in [2.75, 3.05) is 11.1 Å². The quantitative estimate of drug-likeness (QED) is 0.294. The number of carbonyl (C=O) groups excluding carboxylic acids is 1. The zero-order valence-corrected chi connectivity index (χ0v) is 18.3. The Balaban J connectivity index is 1.38. The van der Waals surface area contributed by atoms with Gasteiger partial charge >= 0.3 is 0 Å².